The van der Waals surface area contributed by atoms with Crippen molar-refractivity contribution in [2.24, 2.45) is 0 Å². The molecular formula is C17H13F3N2O4. The van der Waals surface area contributed by atoms with Crippen LogP contribution < -0.4 is 0 Å². The predicted octanol–water partition coefficient (Wildman–Crippen LogP) is 3.42. The summed E-state index contributed by atoms with van der Waals surface area (Å²) in [7, 11) is 0. The smallest absolute Gasteiger partial charge is 0.477 e. The number of aromatic nitrogens is 2. The third kappa shape index (κ3) is 4.59. The average molecular weight is 366 g/mol. The number of aliphatic carboxylic acids is 1. The molecule has 0 bridgehead atoms. The minimum Gasteiger partial charge on any atom is -0.477 e. The molecule has 1 aromatic carbocycles. The zero-order valence-electron chi connectivity index (χ0n) is 13.1. The van der Waals surface area contributed by atoms with Crippen LogP contribution >= 0.6 is 0 Å². The third-order valence-corrected chi connectivity index (χ3v) is 3.32. The first-order valence-electron chi connectivity index (χ1n) is 7.21. The number of carbonyl (C=O) groups is 2. The molecule has 0 fully saturated rings. The molecule has 2 heterocycles. The molecule has 0 radical (unpaired) electrons. The Hall–Kier alpha value is -3.36. The van der Waals surface area contributed by atoms with Crippen LogP contribution in [-0.2, 0) is 11.3 Å². The number of carboxylic acid groups (broad SMARTS) is 2. The predicted molar refractivity (Wildman–Crippen MR) is 85.9 cm³/mol. The SMILES string of the molecule is O=C(O)C(F)(F)F.O=C(O)c1cc2ccccc2n1Cc1ccccn1. The topological polar surface area (TPSA) is 92.4 Å². The highest BCUT2D eigenvalue weighted by atomic mass is 19.4. The molecule has 2 N–H and O–H groups in total. The number of para-hydroxylation sites is 1. The van der Waals surface area contributed by atoms with Gasteiger partial charge in [0.15, 0.2) is 0 Å². The summed E-state index contributed by atoms with van der Waals surface area (Å²) in [4.78, 5) is 24.5. The van der Waals surface area contributed by atoms with E-state index in [1.165, 1.54) is 0 Å². The van der Waals surface area contributed by atoms with Gasteiger partial charge in [0.1, 0.15) is 5.69 Å². The summed E-state index contributed by atoms with van der Waals surface area (Å²) in [5.74, 6) is -3.68. The highest BCUT2D eigenvalue weighted by Crippen LogP contribution is 2.21. The summed E-state index contributed by atoms with van der Waals surface area (Å²) in [6.07, 6.45) is -3.37. The van der Waals surface area contributed by atoms with E-state index in [-0.39, 0.29) is 5.69 Å². The minimum absolute atomic E-state index is 0.284. The van der Waals surface area contributed by atoms with Crippen molar-refractivity contribution in [1.82, 2.24) is 9.55 Å². The molecule has 0 aliphatic heterocycles. The Kier molecular flexibility index (Phi) is 5.61. The molecule has 0 unspecified atom stereocenters. The summed E-state index contributed by atoms with van der Waals surface area (Å²) in [5.41, 5.74) is 2.03. The molecule has 26 heavy (non-hydrogen) atoms. The van der Waals surface area contributed by atoms with Crippen LogP contribution in [0.2, 0.25) is 0 Å². The maximum absolute atomic E-state index is 11.3. The highest BCUT2D eigenvalue weighted by molar-refractivity contribution is 5.94. The highest BCUT2D eigenvalue weighted by Gasteiger charge is 2.38. The molecule has 9 heteroatoms. The molecular weight excluding hydrogens is 353 g/mol. The van der Waals surface area contributed by atoms with Crippen LogP contribution in [-0.4, -0.2) is 37.9 Å². The fourth-order valence-electron chi connectivity index (χ4n) is 2.21. The van der Waals surface area contributed by atoms with E-state index >= 15 is 0 Å². The molecule has 0 spiro atoms. The van der Waals surface area contributed by atoms with Crippen molar-refractivity contribution in [3.05, 3.63) is 66.1 Å². The van der Waals surface area contributed by atoms with E-state index in [4.69, 9.17) is 9.90 Å². The first kappa shape index (κ1) is 19.0. The number of aromatic carboxylic acids is 1. The van der Waals surface area contributed by atoms with Crippen molar-refractivity contribution in [3.63, 3.8) is 0 Å². The Bertz CT molecular complexity index is 921. The fourth-order valence-corrected chi connectivity index (χ4v) is 2.21. The van der Waals surface area contributed by atoms with Crippen molar-refractivity contribution >= 4 is 22.8 Å². The lowest BCUT2D eigenvalue weighted by atomic mass is 10.2. The Labute approximate surface area is 145 Å². The van der Waals surface area contributed by atoms with Crippen molar-refractivity contribution in [1.29, 1.82) is 0 Å². The molecule has 3 rings (SSSR count). The number of hydrogen-bond donors (Lipinski definition) is 2. The summed E-state index contributed by atoms with van der Waals surface area (Å²) in [5, 5.41) is 17.4. The van der Waals surface area contributed by atoms with Gasteiger partial charge in [0.25, 0.3) is 0 Å². The second-order valence-corrected chi connectivity index (χ2v) is 5.10. The molecule has 0 atom stereocenters. The van der Waals surface area contributed by atoms with Crippen LogP contribution in [0, 0.1) is 0 Å². The molecule has 0 amide bonds. The van der Waals surface area contributed by atoms with Gasteiger partial charge in [-0.1, -0.05) is 24.3 Å². The molecule has 0 saturated heterocycles. The minimum atomic E-state index is -5.08. The fraction of sp³-hybridized carbons (Fsp3) is 0.118. The molecule has 0 aliphatic carbocycles. The van der Waals surface area contributed by atoms with Crippen molar-refractivity contribution < 1.29 is 33.0 Å². The standard InChI is InChI=1S/C15H12N2O2.C2HF3O2/c18-15(19)14-9-11-5-1-2-7-13(11)17(14)10-12-6-3-4-8-16-12;3-2(4,5)1(6)7/h1-9H,10H2,(H,18,19);(H,6,7). The number of pyridine rings is 1. The van der Waals surface area contributed by atoms with Crippen LogP contribution in [0.3, 0.4) is 0 Å². The van der Waals surface area contributed by atoms with E-state index < -0.39 is 18.1 Å². The van der Waals surface area contributed by atoms with Gasteiger partial charge in [0, 0.05) is 17.1 Å². The maximum Gasteiger partial charge on any atom is 0.490 e. The summed E-state index contributed by atoms with van der Waals surface area (Å²) < 4.78 is 33.5. The molecule has 136 valence electrons. The van der Waals surface area contributed by atoms with Gasteiger partial charge in [-0.25, -0.2) is 9.59 Å². The maximum atomic E-state index is 11.3. The zero-order chi connectivity index (χ0) is 19.3. The number of benzene rings is 1. The van der Waals surface area contributed by atoms with Crippen molar-refractivity contribution in [2.75, 3.05) is 0 Å². The van der Waals surface area contributed by atoms with E-state index in [1.807, 2.05) is 42.5 Å². The van der Waals surface area contributed by atoms with Gasteiger partial charge >= 0.3 is 18.1 Å². The number of alkyl halides is 3. The summed E-state index contributed by atoms with van der Waals surface area (Å²) >= 11 is 0. The number of carboxylic acids is 2. The largest absolute Gasteiger partial charge is 0.490 e. The van der Waals surface area contributed by atoms with Gasteiger partial charge in [-0.05, 0) is 24.3 Å². The molecule has 3 aromatic rings. The van der Waals surface area contributed by atoms with Crippen LogP contribution in [0.25, 0.3) is 10.9 Å². The number of hydrogen-bond acceptors (Lipinski definition) is 3. The molecule has 2 aromatic heterocycles. The number of nitrogens with zero attached hydrogens (tertiary/aromatic N) is 2. The van der Waals surface area contributed by atoms with Crippen LogP contribution in [0.5, 0.6) is 0 Å². The third-order valence-electron chi connectivity index (χ3n) is 3.32. The molecule has 6 nitrogen and oxygen atoms in total. The van der Waals surface area contributed by atoms with Crippen LogP contribution in [0.1, 0.15) is 16.2 Å². The van der Waals surface area contributed by atoms with E-state index in [0.29, 0.717) is 6.54 Å². The molecule has 0 saturated carbocycles. The Morgan fingerprint density at radius 2 is 1.65 bits per heavy atom. The first-order valence-corrected chi connectivity index (χ1v) is 7.21. The number of halogens is 3. The first-order chi connectivity index (χ1) is 12.2. The average Bonchev–Trinajstić information content (AvgIpc) is 2.95. The van der Waals surface area contributed by atoms with E-state index in [0.717, 1.165) is 16.6 Å². The Morgan fingerprint density at radius 3 is 2.19 bits per heavy atom. The second-order valence-electron chi connectivity index (χ2n) is 5.10. The van der Waals surface area contributed by atoms with Crippen LogP contribution in [0.4, 0.5) is 13.2 Å². The van der Waals surface area contributed by atoms with Gasteiger partial charge in [-0.15, -0.1) is 0 Å². The van der Waals surface area contributed by atoms with E-state index in [9.17, 15) is 23.1 Å². The van der Waals surface area contributed by atoms with Gasteiger partial charge < -0.3 is 14.8 Å². The summed E-state index contributed by atoms with van der Waals surface area (Å²) in [6.45, 7) is 0.454. The van der Waals surface area contributed by atoms with Gasteiger partial charge in [0.2, 0.25) is 0 Å². The second kappa shape index (κ2) is 7.68. The number of fused-ring (bicyclic) bond motifs is 1. The zero-order valence-corrected chi connectivity index (χ0v) is 13.1. The lowest BCUT2D eigenvalue weighted by molar-refractivity contribution is -0.192. The Balaban J connectivity index is 0.000000298. The van der Waals surface area contributed by atoms with Gasteiger partial charge in [-0.3, -0.25) is 4.98 Å². The van der Waals surface area contributed by atoms with Crippen molar-refractivity contribution in [2.45, 2.75) is 12.7 Å². The quantitative estimate of drug-likeness (QED) is 0.741. The summed E-state index contributed by atoms with van der Waals surface area (Å²) in [6, 6.07) is 15.0. The number of rotatable bonds is 3. The van der Waals surface area contributed by atoms with E-state index in [2.05, 4.69) is 4.98 Å². The van der Waals surface area contributed by atoms with Crippen LogP contribution in [0.15, 0.2) is 54.7 Å². The Morgan fingerprint density at radius 1 is 1.04 bits per heavy atom. The van der Waals surface area contributed by atoms with Gasteiger partial charge in [0.05, 0.1) is 12.2 Å². The lowest BCUT2D eigenvalue weighted by Gasteiger charge is -2.07. The van der Waals surface area contributed by atoms with Crippen molar-refractivity contribution in [3.8, 4) is 0 Å². The van der Waals surface area contributed by atoms with Gasteiger partial charge in [-0.2, -0.15) is 13.2 Å². The van der Waals surface area contributed by atoms with E-state index in [1.54, 1.807) is 16.8 Å². The normalized spacial score (nSPS) is 10.9. The lowest BCUT2D eigenvalue weighted by Crippen LogP contribution is -2.21. The molecule has 0 aliphatic rings. The monoisotopic (exact) mass is 366 g/mol.